The van der Waals surface area contributed by atoms with Crippen molar-refractivity contribution in [2.75, 3.05) is 6.61 Å². The number of nitrogens with zero attached hydrogens (tertiary/aromatic N) is 2. The van der Waals surface area contributed by atoms with E-state index < -0.39 is 12.6 Å². The summed E-state index contributed by atoms with van der Waals surface area (Å²) in [6.07, 6.45) is 2.25. The van der Waals surface area contributed by atoms with E-state index in [1.165, 1.54) is 6.21 Å². The highest BCUT2D eigenvalue weighted by Crippen LogP contribution is 2.15. The Labute approximate surface area is 144 Å². The Bertz CT molecular complexity index is 763. The number of rotatable bonds is 8. The van der Waals surface area contributed by atoms with Crippen LogP contribution in [0.15, 0.2) is 29.4 Å². The summed E-state index contributed by atoms with van der Waals surface area (Å²) in [5, 5.41) is 21.3. The van der Waals surface area contributed by atoms with E-state index in [2.05, 4.69) is 20.7 Å². The van der Waals surface area contributed by atoms with Gasteiger partial charge in [-0.25, -0.2) is 5.43 Å². The van der Waals surface area contributed by atoms with Gasteiger partial charge in [0.2, 0.25) is 5.91 Å². The van der Waals surface area contributed by atoms with E-state index in [0.717, 1.165) is 17.0 Å². The van der Waals surface area contributed by atoms with E-state index in [-0.39, 0.29) is 12.3 Å². The summed E-state index contributed by atoms with van der Waals surface area (Å²) >= 11 is 0. The fourth-order valence-electron chi connectivity index (χ4n) is 2.27. The van der Waals surface area contributed by atoms with Gasteiger partial charge in [-0.2, -0.15) is 10.2 Å². The molecule has 2 aromatic rings. The van der Waals surface area contributed by atoms with E-state index in [1.807, 2.05) is 13.8 Å². The largest absolute Gasteiger partial charge is 0.546 e. The molecule has 0 saturated carbocycles. The number of nitrogens with one attached hydrogen (secondary N) is 2. The van der Waals surface area contributed by atoms with Gasteiger partial charge in [-0.1, -0.05) is 12.1 Å². The second-order valence-electron chi connectivity index (χ2n) is 5.40. The standard InChI is InChI=1S/C17H20N4O4/c1-11-14(12(2)20-19-11)7-8-16(22)21-18-9-13-5-3-4-6-15(13)25-10-17(23)24/h3-6,9H,7-8,10H2,1-2H3,(H,19,20)(H,21,22)(H,23,24)/p-1. The van der Waals surface area contributed by atoms with Crippen LogP contribution in [-0.2, 0) is 16.0 Å². The SMILES string of the molecule is Cc1n[nH]c(C)c1CCC(=O)NN=Cc1ccccc1OCC(=O)[O-]. The summed E-state index contributed by atoms with van der Waals surface area (Å²) in [4.78, 5) is 22.3. The van der Waals surface area contributed by atoms with E-state index in [9.17, 15) is 14.7 Å². The predicted octanol–water partition coefficient (Wildman–Crippen LogP) is 0.238. The molecule has 0 spiro atoms. The van der Waals surface area contributed by atoms with Crippen LogP contribution in [0.1, 0.15) is 28.9 Å². The highest BCUT2D eigenvalue weighted by Gasteiger charge is 2.08. The molecule has 25 heavy (non-hydrogen) atoms. The van der Waals surface area contributed by atoms with Crippen molar-refractivity contribution in [3.63, 3.8) is 0 Å². The van der Waals surface area contributed by atoms with Gasteiger partial charge in [0.05, 0.1) is 17.9 Å². The second kappa shape index (κ2) is 8.62. The number of aryl methyl sites for hydroxylation is 2. The van der Waals surface area contributed by atoms with Gasteiger partial charge in [0.1, 0.15) is 12.4 Å². The Balaban J connectivity index is 1.88. The van der Waals surface area contributed by atoms with Crippen LogP contribution in [-0.4, -0.2) is 34.9 Å². The zero-order valence-corrected chi connectivity index (χ0v) is 14.0. The molecule has 2 rings (SSSR count). The number of para-hydroxylation sites is 1. The zero-order valence-electron chi connectivity index (χ0n) is 14.0. The molecule has 8 nitrogen and oxygen atoms in total. The van der Waals surface area contributed by atoms with Crippen molar-refractivity contribution in [3.8, 4) is 5.75 Å². The van der Waals surface area contributed by atoms with Gasteiger partial charge in [-0.3, -0.25) is 9.89 Å². The number of carboxylic acids is 1. The van der Waals surface area contributed by atoms with Crippen LogP contribution in [0, 0.1) is 13.8 Å². The molecule has 1 aromatic heterocycles. The van der Waals surface area contributed by atoms with Gasteiger partial charge in [-0.05, 0) is 38.0 Å². The van der Waals surface area contributed by atoms with Gasteiger partial charge in [-0.15, -0.1) is 0 Å². The smallest absolute Gasteiger partial charge is 0.240 e. The molecule has 1 heterocycles. The maximum Gasteiger partial charge on any atom is 0.240 e. The number of hydrogen-bond acceptors (Lipinski definition) is 6. The molecule has 2 N–H and O–H groups in total. The maximum atomic E-state index is 11.9. The molecule has 0 radical (unpaired) electrons. The molecule has 0 aliphatic heterocycles. The average molecular weight is 343 g/mol. The summed E-state index contributed by atoms with van der Waals surface area (Å²) in [7, 11) is 0. The minimum Gasteiger partial charge on any atom is -0.546 e. The fourth-order valence-corrected chi connectivity index (χ4v) is 2.27. The Morgan fingerprint density at radius 3 is 2.80 bits per heavy atom. The van der Waals surface area contributed by atoms with Crippen molar-refractivity contribution in [3.05, 3.63) is 46.8 Å². The number of carbonyl (C=O) groups excluding carboxylic acids is 2. The average Bonchev–Trinajstić information content (AvgIpc) is 2.90. The van der Waals surface area contributed by atoms with Crippen LogP contribution in [0.4, 0.5) is 0 Å². The molecule has 1 aromatic carbocycles. The summed E-state index contributed by atoms with van der Waals surface area (Å²) in [6, 6.07) is 6.75. The molecule has 0 aliphatic carbocycles. The van der Waals surface area contributed by atoms with Crippen LogP contribution in [0.2, 0.25) is 0 Å². The highest BCUT2D eigenvalue weighted by molar-refractivity contribution is 5.85. The number of benzene rings is 1. The molecule has 132 valence electrons. The highest BCUT2D eigenvalue weighted by atomic mass is 16.5. The molecular weight excluding hydrogens is 324 g/mol. The minimum atomic E-state index is -1.31. The van der Waals surface area contributed by atoms with Crippen LogP contribution in [0.5, 0.6) is 5.75 Å². The van der Waals surface area contributed by atoms with Gasteiger partial charge in [0.25, 0.3) is 0 Å². The number of aliphatic carboxylic acids is 1. The lowest BCUT2D eigenvalue weighted by Crippen LogP contribution is -2.29. The maximum absolute atomic E-state index is 11.9. The number of H-pyrrole nitrogens is 1. The number of amides is 1. The summed E-state index contributed by atoms with van der Waals surface area (Å²) in [6.45, 7) is 3.24. The van der Waals surface area contributed by atoms with Crippen LogP contribution < -0.4 is 15.3 Å². The van der Waals surface area contributed by atoms with E-state index in [1.54, 1.807) is 24.3 Å². The van der Waals surface area contributed by atoms with Crippen molar-refractivity contribution in [2.24, 2.45) is 5.10 Å². The molecular formula is C17H19N4O4-. The van der Waals surface area contributed by atoms with Crippen molar-refractivity contribution >= 4 is 18.1 Å². The molecule has 0 aliphatic rings. The van der Waals surface area contributed by atoms with Crippen molar-refractivity contribution in [2.45, 2.75) is 26.7 Å². The third-order valence-corrected chi connectivity index (χ3v) is 3.54. The van der Waals surface area contributed by atoms with Gasteiger partial charge in [0, 0.05) is 17.7 Å². The lowest BCUT2D eigenvalue weighted by Gasteiger charge is -2.09. The molecule has 0 saturated heterocycles. The lowest BCUT2D eigenvalue weighted by atomic mass is 10.1. The monoisotopic (exact) mass is 343 g/mol. The molecule has 8 heteroatoms. The number of aromatic amines is 1. The predicted molar refractivity (Wildman–Crippen MR) is 89.1 cm³/mol. The summed E-state index contributed by atoms with van der Waals surface area (Å²) in [5.74, 6) is -1.20. The Kier molecular flexibility index (Phi) is 6.27. The van der Waals surface area contributed by atoms with Crippen molar-refractivity contribution in [1.29, 1.82) is 0 Å². The molecule has 0 fully saturated rings. The van der Waals surface area contributed by atoms with Gasteiger partial charge in [0.15, 0.2) is 0 Å². The number of aromatic nitrogens is 2. The number of hydrogen-bond donors (Lipinski definition) is 2. The first-order valence-corrected chi connectivity index (χ1v) is 7.71. The minimum absolute atomic E-state index is 0.232. The van der Waals surface area contributed by atoms with E-state index in [0.29, 0.717) is 17.7 Å². The van der Waals surface area contributed by atoms with Crippen LogP contribution in [0.3, 0.4) is 0 Å². The first kappa shape index (κ1) is 18.2. The first-order chi connectivity index (χ1) is 12.0. The second-order valence-corrected chi connectivity index (χ2v) is 5.40. The van der Waals surface area contributed by atoms with Crippen molar-refractivity contribution in [1.82, 2.24) is 15.6 Å². The Morgan fingerprint density at radius 2 is 2.12 bits per heavy atom. The van der Waals surface area contributed by atoms with E-state index in [4.69, 9.17) is 4.74 Å². The molecule has 0 bridgehead atoms. The summed E-state index contributed by atoms with van der Waals surface area (Å²) in [5.41, 5.74) is 5.85. The number of hydrazone groups is 1. The first-order valence-electron chi connectivity index (χ1n) is 7.71. The fraction of sp³-hybridized carbons (Fsp3) is 0.294. The van der Waals surface area contributed by atoms with Gasteiger partial charge >= 0.3 is 0 Å². The third kappa shape index (κ3) is 5.45. The Morgan fingerprint density at radius 1 is 1.36 bits per heavy atom. The number of carboxylic acid groups (broad SMARTS) is 1. The molecule has 0 atom stereocenters. The summed E-state index contributed by atoms with van der Waals surface area (Å²) < 4.78 is 5.10. The van der Waals surface area contributed by atoms with Gasteiger partial charge < -0.3 is 14.6 Å². The zero-order chi connectivity index (χ0) is 18.2. The number of ether oxygens (including phenoxy) is 1. The quantitative estimate of drug-likeness (QED) is 0.525. The molecule has 0 unspecified atom stereocenters. The third-order valence-electron chi connectivity index (χ3n) is 3.54. The normalized spacial score (nSPS) is 10.8. The van der Waals surface area contributed by atoms with Crippen LogP contribution in [0.25, 0.3) is 0 Å². The number of carbonyl (C=O) groups is 2. The topological polar surface area (TPSA) is 120 Å². The Hall–Kier alpha value is -3.16. The van der Waals surface area contributed by atoms with E-state index >= 15 is 0 Å². The van der Waals surface area contributed by atoms with Crippen molar-refractivity contribution < 1.29 is 19.4 Å². The lowest BCUT2D eigenvalue weighted by molar-refractivity contribution is -0.307. The van der Waals surface area contributed by atoms with Crippen LogP contribution >= 0.6 is 0 Å². The molecule has 1 amide bonds.